The number of carbonyl (C=O) groups excluding carboxylic acids is 1. The highest BCUT2D eigenvalue weighted by atomic mass is 16.2. The minimum Gasteiger partial charge on any atom is -0.331 e. The summed E-state index contributed by atoms with van der Waals surface area (Å²) in [7, 11) is 0. The largest absolute Gasteiger partial charge is 0.331 e. The third-order valence-electron chi connectivity index (χ3n) is 5.18. The van der Waals surface area contributed by atoms with Gasteiger partial charge in [-0.1, -0.05) is 23.4 Å². The molecule has 134 valence electrons. The van der Waals surface area contributed by atoms with Crippen LogP contribution in [-0.2, 0) is 6.54 Å². The van der Waals surface area contributed by atoms with Crippen LogP contribution in [0.1, 0.15) is 42.5 Å². The molecular formula is C19H27N5O. The van der Waals surface area contributed by atoms with E-state index in [2.05, 4.69) is 54.6 Å². The van der Waals surface area contributed by atoms with Crippen LogP contribution in [-0.4, -0.2) is 39.0 Å². The number of hydrogen-bond acceptors (Lipinski definition) is 3. The number of benzene rings is 1. The van der Waals surface area contributed by atoms with Crippen molar-refractivity contribution in [2.75, 3.05) is 13.1 Å². The molecule has 6 nitrogen and oxygen atoms in total. The van der Waals surface area contributed by atoms with Gasteiger partial charge in [0.05, 0.1) is 12.2 Å². The second-order valence-corrected chi connectivity index (χ2v) is 7.04. The summed E-state index contributed by atoms with van der Waals surface area (Å²) >= 11 is 0. The molecule has 2 unspecified atom stereocenters. The van der Waals surface area contributed by atoms with Gasteiger partial charge in [0, 0.05) is 25.8 Å². The van der Waals surface area contributed by atoms with E-state index in [0.717, 1.165) is 32.5 Å². The number of aromatic nitrogens is 3. The molecule has 0 bridgehead atoms. The quantitative estimate of drug-likeness (QED) is 0.929. The summed E-state index contributed by atoms with van der Waals surface area (Å²) in [5.74, 6) is 0.428. The predicted octanol–water partition coefficient (Wildman–Crippen LogP) is 3.08. The number of likely N-dealkylation sites (tertiary alicyclic amines) is 1. The number of carbonyl (C=O) groups is 1. The maximum atomic E-state index is 12.7. The summed E-state index contributed by atoms with van der Waals surface area (Å²) < 4.78 is 1.85. The van der Waals surface area contributed by atoms with E-state index in [-0.39, 0.29) is 12.1 Å². The molecule has 1 aromatic heterocycles. The van der Waals surface area contributed by atoms with E-state index in [1.54, 1.807) is 6.20 Å². The summed E-state index contributed by atoms with van der Waals surface area (Å²) in [5, 5.41) is 11.0. The predicted molar refractivity (Wildman–Crippen MR) is 97.2 cm³/mol. The zero-order valence-corrected chi connectivity index (χ0v) is 15.3. The topological polar surface area (TPSA) is 63.1 Å². The van der Waals surface area contributed by atoms with Crippen LogP contribution in [0.2, 0.25) is 0 Å². The van der Waals surface area contributed by atoms with E-state index in [1.807, 2.05) is 15.8 Å². The molecule has 1 aliphatic rings. The third-order valence-corrected chi connectivity index (χ3v) is 5.18. The zero-order chi connectivity index (χ0) is 17.8. The van der Waals surface area contributed by atoms with Gasteiger partial charge in [-0.3, -0.25) is 4.68 Å². The summed E-state index contributed by atoms with van der Waals surface area (Å²) in [4.78, 5) is 14.6. The highest BCUT2D eigenvalue weighted by Gasteiger charge is 2.25. The van der Waals surface area contributed by atoms with Crippen molar-refractivity contribution in [3.8, 4) is 0 Å². The van der Waals surface area contributed by atoms with Crippen LogP contribution in [0, 0.1) is 19.8 Å². The first-order valence-electron chi connectivity index (χ1n) is 9.00. The monoisotopic (exact) mass is 341 g/mol. The Balaban J connectivity index is 1.59. The third kappa shape index (κ3) is 4.18. The number of nitrogens with one attached hydrogen (secondary N) is 1. The van der Waals surface area contributed by atoms with E-state index in [4.69, 9.17) is 0 Å². The van der Waals surface area contributed by atoms with Gasteiger partial charge in [-0.2, -0.15) is 0 Å². The minimum absolute atomic E-state index is 0.00286. The van der Waals surface area contributed by atoms with Gasteiger partial charge in [-0.15, -0.1) is 5.10 Å². The molecule has 1 fully saturated rings. The molecule has 0 aliphatic carbocycles. The molecule has 1 saturated heterocycles. The molecule has 2 atom stereocenters. The Morgan fingerprint density at radius 2 is 2.24 bits per heavy atom. The molecular weight excluding hydrogens is 314 g/mol. The Kier molecular flexibility index (Phi) is 5.36. The maximum absolute atomic E-state index is 12.7. The SMILES string of the molecule is Cc1cccc(C(C)NC(=O)N2CCCC(Cn3ccnn3)C2)c1C. The Morgan fingerprint density at radius 1 is 1.40 bits per heavy atom. The molecule has 2 heterocycles. The van der Waals surface area contributed by atoms with Crippen LogP contribution in [0.5, 0.6) is 0 Å². The van der Waals surface area contributed by atoms with Crippen LogP contribution in [0.3, 0.4) is 0 Å². The van der Waals surface area contributed by atoms with Crippen molar-refractivity contribution in [3.05, 3.63) is 47.3 Å². The summed E-state index contributed by atoms with van der Waals surface area (Å²) in [6.45, 7) is 8.67. The van der Waals surface area contributed by atoms with Crippen LogP contribution < -0.4 is 5.32 Å². The van der Waals surface area contributed by atoms with Crippen molar-refractivity contribution in [3.63, 3.8) is 0 Å². The lowest BCUT2D eigenvalue weighted by atomic mass is 9.97. The molecule has 1 aromatic carbocycles. The summed E-state index contributed by atoms with van der Waals surface area (Å²) in [5.41, 5.74) is 3.69. The Bertz CT molecular complexity index is 713. The van der Waals surface area contributed by atoms with Crippen LogP contribution in [0.25, 0.3) is 0 Å². The Hall–Kier alpha value is -2.37. The lowest BCUT2D eigenvalue weighted by Gasteiger charge is -2.33. The average molecular weight is 341 g/mol. The second-order valence-electron chi connectivity index (χ2n) is 7.04. The standard InChI is InChI=1S/C19H27N5O/c1-14-6-4-8-18(15(14)2)16(3)21-19(25)23-10-5-7-17(12-23)13-24-11-9-20-22-24/h4,6,8-9,11,16-17H,5,7,10,12-13H2,1-3H3,(H,21,25). The first-order chi connectivity index (χ1) is 12.0. The van der Waals surface area contributed by atoms with Gasteiger partial charge >= 0.3 is 6.03 Å². The van der Waals surface area contributed by atoms with Crippen molar-refractivity contribution in [2.24, 2.45) is 5.92 Å². The molecule has 25 heavy (non-hydrogen) atoms. The minimum atomic E-state index is 0.00286. The number of hydrogen-bond donors (Lipinski definition) is 1. The molecule has 1 N–H and O–H groups in total. The van der Waals surface area contributed by atoms with E-state index in [9.17, 15) is 4.79 Å². The van der Waals surface area contributed by atoms with Crippen LogP contribution in [0.15, 0.2) is 30.6 Å². The average Bonchev–Trinajstić information content (AvgIpc) is 3.10. The fourth-order valence-electron chi connectivity index (χ4n) is 3.59. The van der Waals surface area contributed by atoms with Gasteiger partial charge in [0.25, 0.3) is 0 Å². The Morgan fingerprint density at radius 3 is 3.00 bits per heavy atom. The van der Waals surface area contributed by atoms with Gasteiger partial charge < -0.3 is 10.2 Å². The molecule has 2 amide bonds. The zero-order valence-electron chi connectivity index (χ0n) is 15.3. The smallest absolute Gasteiger partial charge is 0.317 e. The summed E-state index contributed by atoms with van der Waals surface area (Å²) in [6, 6.07) is 6.28. The number of aryl methyl sites for hydroxylation is 1. The maximum Gasteiger partial charge on any atom is 0.317 e. The molecule has 2 aromatic rings. The molecule has 3 rings (SSSR count). The second kappa shape index (κ2) is 7.68. The highest BCUT2D eigenvalue weighted by molar-refractivity contribution is 5.75. The molecule has 0 spiro atoms. The lowest BCUT2D eigenvalue weighted by Crippen LogP contribution is -2.46. The number of amides is 2. The van der Waals surface area contributed by atoms with Gasteiger partial charge in [0.2, 0.25) is 0 Å². The molecule has 0 radical (unpaired) electrons. The lowest BCUT2D eigenvalue weighted by molar-refractivity contribution is 0.155. The normalized spacial score (nSPS) is 18.8. The van der Waals surface area contributed by atoms with E-state index >= 15 is 0 Å². The van der Waals surface area contributed by atoms with Gasteiger partial charge in [-0.05, 0) is 56.2 Å². The van der Waals surface area contributed by atoms with Crippen LogP contribution in [0.4, 0.5) is 4.79 Å². The summed E-state index contributed by atoms with van der Waals surface area (Å²) in [6.07, 6.45) is 5.72. The van der Waals surface area contributed by atoms with Crippen molar-refractivity contribution in [1.82, 2.24) is 25.2 Å². The first kappa shape index (κ1) is 17.5. The van der Waals surface area contributed by atoms with Gasteiger partial charge in [0.1, 0.15) is 0 Å². The fraction of sp³-hybridized carbons (Fsp3) is 0.526. The van der Waals surface area contributed by atoms with Crippen molar-refractivity contribution in [1.29, 1.82) is 0 Å². The fourth-order valence-corrected chi connectivity index (χ4v) is 3.59. The number of piperidine rings is 1. The molecule has 6 heteroatoms. The van der Waals surface area contributed by atoms with E-state index < -0.39 is 0 Å². The first-order valence-corrected chi connectivity index (χ1v) is 9.00. The van der Waals surface area contributed by atoms with Gasteiger partial charge in [-0.25, -0.2) is 4.79 Å². The van der Waals surface area contributed by atoms with Crippen molar-refractivity contribution >= 4 is 6.03 Å². The van der Waals surface area contributed by atoms with Crippen LogP contribution >= 0.6 is 0 Å². The number of urea groups is 1. The highest BCUT2D eigenvalue weighted by Crippen LogP contribution is 2.22. The molecule has 1 aliphatic heterocycles. The molecule has 0 saturated carbocycles. The van der Waals surface area contributed by atoms with E-state index in [1.165, 1.54) is 16.7 Å². The van der Waals surface area contributed by atoms with Crippen molar-refractivity contribution < 1.29 is 4.79 Å². The number of nitrogens with zero attached hydrogens (tertiary/aromatic N) is 4. The van der Waals surface area contributed by atoms with Gasteiger partial charge in [0.15, 0.2) is 0 Å². The number of rotatable bonds is 4. The van der Waals surface area contributed by atoms with Crippen molar-refractivity contribution in [2.45, 2.75) is 46.2 Å². The van der Waals surface area contributed by atoms with E-state index in [0.29, 0.717) is 5.92 Å². The Labute approximate surface area is 149 Å².